The molecule has 3 aromatic rings. The Balaban J connectivity index is 2.51. The fraction of sp³-hybridized carbons (Fsp3) is 0.217. The highest BCUT2D eigenvalue weighted by Crippen LogP contribution is 2.38. The number of terminal acetylenes is 1. The van der Waals surface area contributed by atoms with Crippen molar-refractivity contribution < 1.29 is 19.1 Å². The molecule has 0 radical (unpaired) electrons. The number of carbonyl (C=O) groups is 2. The van der Waals surface area contributed by atoms with E-state index in [-0.39, 0.29) is 0 Å². The Morgan fingerprint density at radius 1 is 1.25 bits per heavy atom. The number of esters is 2. The summed E-state index contributed by atoms with van der Waals surface area (Å²) in [5.41, 5.74) is 2.08. The number of nitrogens with zero attached hydrogens (tertiary/aromatic N) is 1. The average molecular weight is 375 g/mol. The summed E-state index contributed by atoms with van der Waals surface area (Å²) in [6, 6.07) is 9.34. The van der Waals surface area contributed by atoms with E-state index in [4.69, 9.17) is 15.9 Å². The van der Waals surface area contributed by atoms with Gasteiger partial charge in [0.15, 0.2) is 0 Å². The molecule has 0 spiro atoms. The van der Waals surface area contributed by atoms with Crippen molar-refractivity contribution in [3.63, 3.8) is 0 Å². The molecule has 2 aromatic carbocycles. The van der Waals surface area contributed by atoms with E-state index in [0.29, 0.717) is 36.1 Å². The minimum absolute atomic E-state index is 0.403. The first-order chi connectivity index (χ1) is 13.5. The fourth-order valence-corrected chi connectivity index (χ4v) is 3.58. The smallest absolute Gasteiger partial charge is 0.340 e. The van der Waals surface area contributed by atoms with Crippen molar-refractivity contribution in [1.29, 1.82) is 0 Å². The van der Waals surface area contributed by atoms with Crippen molar-refractivity contribution in [3.05, 3.63) is 54.2 Å². The molecule has 0 aliphatic heterocycles. The lowest BCUT2D eigenvalue weighted by molar-refractivity contribution is -0.131. The van der Waals surface area contributed by atoms with Gasteiger partial charge in [-0.2, -0.15) is 0 Å². The maximum Gasteiger partial charge on any atom is 0.340 e. The van der Waals surface area contributed by atoms with Crippen LogP contribution in [0.1, 0.15) is 29.4 Å². The molecule has 142 valence electrons. The number of hydrogen-bond donors (Lipinski definition) is 0. The number of rotatable bonds is 6. The quantitative estimate of drug-likeness (QED) is 0.280. The van der Waals surface area contributed by atoms with Crippen LogP contribution in [0.4, 0.5) is 0 Å². The van der Waals surface area contributed by atoms with Crippen LogP contribution >= 0.6 is 0 Å². The zero-order valence-electron chi connectivity index (χ0n) is 16.0. The number of aromatic nitrogens is 1. The number of ether oxygens (including phenoxy) is 2. The Kier molecular flexibility index (Phi) is 5.51. The fourth-order valence-electron chi connectivity index (χ4n) is 3.58. The number of allylic oxidation sites excluding steroid dienone is 1. The number of methoxy groups -OCH3 is 1. The molecule has 0 unspecified atom stereocenters. The second-order valence-corrected chi connectivity index (χ2v) is 6.33. The summed E-state index contributed by atoms with van der Waals surface area (Å²) in [4.78, 5) is 24.3. The molecule has 3 rings (SSSR count). The minimum atomic E-state index is -0.455. The molecule has 0 bridgehead atoms. The predicted molar refractivity (Wildman–Crippen MR) is 109 cm³/mol. The van der Waals surface area contributed by atoms with Crippen molar-refractivity contribution in [2.45, 2.75) is 26.3 Å². The highest BCUT2D eigenvalue weighted by atomic mass is 16.5. The predicted octanol–water partition coefficient (Wildman–Crippen LogP) is 4.26. The normalized spacial score (nSPS) is 10.6. The Hall–Kier alpha value is -3.52. The van der Waals surface area contributed by atoms with Crippen molar-refractivity contribution in [3.8, 4) is 18.1 Å². The summed E-state index contributed by atoms with van der Waals surface area (Å²) in [6.45, 7) is 5.70. The van der Waals surface area contributed by atoms with Gasteiger partial charge in [0.05, 0.1) is 18.2 Å². The maximum atomic E-state index is 12.7. The van der Waals surface area contributed by atoms with E-state index >= 15 is 0 Å². The summed E-state index contributed by atoms with van der Waals surface area (Å²) in [5.74, 6) is 2.15. The molecule has 28 heavy (non-hydrogen) atoms. The first-order valence-corrected chi connectivity index (χ1v) is 8.91. The molecule has 0 aliphatic rings. The first-order valence-electron chi connectivity index (χ1n) is 8.91. The van der Waals surface area contributed by atoms with E-state index in [1.54, 1.807) is 12.1 Å². The van der Waals surface area contributed by atoms with Gasteiger partial charge < -0.3 is 14.0 Å². The molecule has 0 atom stereocenters. The van der Waals surface area contributed by atoms with Crippen molar-refractivity contribution in [2.24, 2.45) is 0 Å². The summed E-state index contributed by atoms with van der Waals surface area (Å²) in [5, 5.41) is 2.32. The zero-order valence-corrected chi connectivity index (χ0v) is 16.0. The third-order valence-corrected chi connectivity index (χ3v) is 4.59. The Morgan fingerprint density at radius 3 is 2.57 bits per heavy atom. The van der Waals surface area contributed by atoms with Crippen LogP contribution in [0, 0.1) is 12.3 Å². The number of benzene rings is 2. The van der Waals surface area contributed by atoms with Gasteiger partial charge in [-0.25, -0.2) is 4.79 Å². The molecule has 1 aromatic heterocycles. The Labute approximate surface area is 163 Å². The topological polar surface area (TPSA) is 57.5 Å². The van der Waals surface area contributed by atoms with Gasteiger partial charge in [0.25, 0.3) is 0 Å². The van der Waals surface area contributed by atoms with Crippen LogP contribution in [0.5, 0.6) is 5.75 Å². The van der Waals surface area contributed by atoms with Crippen LogP contribution in [0.3, 0.4) is 0 Å². The lowest BCUT2D eigenvalue weighted by atomic mass is 10.0. The maximum absolute atomic E-state index is 12.7. The van der Waals surface area contributed by atoms with E-state index < -0.39 is 11.9 Å². The van der Waals surface area contributed by atoms with Gasteiger partial charge >= 0.3 is 11.9 Å². The molecule has 0 N–H and O–H groups in total. The van der Waals surface area contributed by atoms with Gasteiger partial charge in [-0.3, -0.25) is 4.79 Å². The zero-order chi connectivity index (χ0) is 20.3. The Bertz CT molecular complexity index is 1130. The van der Waals surface area contributed by atoms with Crippen LogP contribution < -0.4 is 4.74 Å². The lowest BCUT2D eigenvalue weighted by Gasteiger charge is -2.11. The van der Waals surface area contributed by atoms with E-state index in [1.807, 2.05) is 28.8 Å². The molecule has 1 heterocycles. The van der Waals surface area contributed by atoms with Crippen molar-refractivity contribution in [1.82, 2.24) is 4.57 Å². The lowest BCUT2D eigenvalue weighted by Crippen LogP contribution is -2.08. The summed E-state index contributed by atoms with van der Waals surface area (Å²) in [6.07, 6.45) is 8.24. The van der Waals surface area contributed by atoms with Crippen LogP contribution in [0.15, 0.2) is 43.0 Å². The van der Waals surface area contributed by atoms with E-state index in [2.05, 4.69) is 12.5 Å². The summed E-state index contributed by atoms with van der Waals surface area (Å²) < 4.78 is 12.5. The van der Waals surface area contributed by atoms with Gasteiger partial charge in [-0.05, 0) is 12.5 Å². The molecule has 5 nitrogen and oxygen atoms in total. The molecular formula is C23H21NO4. The third kappa shape index (κ3) is 3.25. The SMILES string of the molecule is C#CCCc1c(C(=O)OC)c2cc(OC(C)=O)c3ccccc3c2n1CC=C. The number of fused-ring (bicyclic) bond motifs is 3. The second kappa shape index (κ2) is 8.01. The van der Waals surface area contributed by atoms with Crippen molar-refractivity contribution >= 4 is 33.6 Å². The summed E-state index contributed by atoms with van der Waals surface area (Å²) in [7, 11) is 1.35. The van der Waals surface area contributed by atoms with E-state index in [0.717, 1.165) is 22.0 Å². The first kappa shape index (κ1) is 19.2. The van der Waals surface area contributed by atoms with Gasteiger partial charge in [0.2, 0.25) is 0 Å². The van der Waals surface area contributed by atoms with Crippen molar-refractivity contribution in [2.75, 3.05) is 7.11 Å². The molecule has 0 fully saturated rings. The highest BCUT2D eigenvalue weighted by Gasteiger charge is 2.25. The molecule has 0 aliphatic carbocycles. The van der Waals surface area contributed by atoms with Crippen LogP contribution in [-0.2, 0) is 22.5 Å². The van der Waals surface area contributed by atoms with E-state index in [1.165, 1.54) is 14.0 Å². The van der Waals surface area contributed by atoms with E-state index in [9.17, 15) is 9.59 Å². The standard InChI is InChI=1S/C23H21NO4/c1-5-7-12-19-21(23(26)27-4)18-14-20(28-15(3)25)16-10-8-9-11-17(16)22(18)24(19)13-6-2/h1,6,8-11,14H,2,7,12-13H2,3-4H3. The van der Waals surface area contributed by atoms with Crippen LogP contribution in [0.2, 0.25) is 0 Å². The van der Waals surface area contributed by atoms with Gasteiger partial charge in [-0.1, -0.05) is 30.3 Å². The van der Waals surface area contributed by atoms with Crippen LogP contribution in [-0.4, -0.2) is 23.6 Å². The largest absolute Gasteiger partial charge is 0.465 e. The third-order valence-electron chi connectivity index (χ3n) is 4.59. The van der Waals surface area contributed by atoms with Gasteiger partial charge in [0, 0.05) is 41.7 Å². The average Bonchev–Trinajstić information content (AvgIpc) is 2.99. The van der Waals surface area contributed by atoms with Gasteiger partial charge in [-0.15, -0.1) is 18.9 Å². The number of carbonyl (C=O) groups excluding carboxylic acids is 2. The monoisotopic (exact) mass is 375 g/mol. The minimum Gasteiger partial charge on any atom is -0.465 e. The number of hydrogen-bond acceptors (Lipinski definition) is 4. The molecular weight excluding hydrogens is 354 g/mol. The van der Waals surface area contributed by atoms with Gasteiger partial charge in [0.1, 0.15) is 5.75 Å². The molecule has 5 heteroatoms. The second-order valence-electron chi connectivity index (χ2n) is 6.33. The highest BCUT2D eigenvalue weighted by molar-refractivity contribution is 6.16. The van der Waals surface area contributed by atoms with Crippen LogP contribution in [0.25, 0.3) is 21.7 Å². The molecule has 0 amide bonds. The summed E-state index contributed by atoms with van der Waals surface area (Å²) >= 11 is 0. The Morgan fingerprint density at radius 2 is 1.96 bits per heavy atom. The molecule has 0 saturated heterocycles. The molecule has 0 saturated carbocycles.